The highest BCUT2D eigenvalue weighted by molar-refractivity contribution is 7.27. The van der Waals surface area contributed by atoms with Gasteiger partial charge in [0.1, 0.15) is 11.2 Å². The van der Waals surface area contributed by atoms with Crippen LogP contribution in [0, 0.1) is 0 Å². The van der Waals surface area contributed by atoms with E-state index >= 15 is 0 Å². The average molecular weight is 744 g/mol. The van der Waals surface area contributed by atoms with Crippen LogP contribution >= 0.6 is 11.3 Å². The molecule has 0 unspecified atom stereocenters. The van der Waals surface area contributed by atoms with Gasteiger partial charge in [-0.3, -0.25) is 0 Å². The van der Waals surface area contributed by atoms with Crippen molar-refractivity contribution >= 4 is 103 Å². The fourth-order valence-corrected chi connectivity index (χ4v) is 10.3. The van der Waals surface area contributed by atoms with E-state index in [4.69, 9.17) is 4.42 Å². The smallest absolute Gasteiger partial charge is 0.136 e. The second kappa shape index (κ2) is 12.7. The first-order chi connectivity index (χ1) is 28.3. The van der Waals surface area contributed by atoms with E-state index in [0.717, 1.165) is 39.0 Å². The molecule has 0 aliphatic heterocycles. The van der Waals surface area contributed by atoms with E-state index in [1.807, 2.05) is 17.4 Å². The maximum atomic E-state index is 6.44. The molecule has 0 saturated heterocycles. The third kappa shape index (κ3) is 5.03. The molecule has 0 aliphatic carbocycles. The van der Waals surface area contributed by atoms with Gasteiger partial charge in [-0.1, -0.05) is 152 Å². The molecule has 0 aliphatic rings. The zero-order chi connectivity index (χ0) is 37.5. The van der Waals surface area contributed by atoms with Gasteiger partial charge in [0, 0.05) is 37.6 Å². The lowest BCUT2D eigenvalue weighted by atomic mass is 9.92. The lowest BCUT2D eigenvalue weighted by molar-refractivity contribution is 0.669. The number of thiophene rings is 1. The van der Waals surface area contributed by atoms with Crippen LogP contribution in [-0.2, 0) is 0 Å². The molecule has 0 saturated carbocycles. The third-order valence-electron chi connectivity index (χ3n) is 11.6. The van der Waals surface area contributed by atoms with E-state index in [-0.39, 0.29) is 0 Å². The van der Waals surface area contributed by atoms with Gasteiger partial charge in [0.2, 0.25) is 0 Å². The molecule has 0 amide bonds. The summed E-state index contributed by atoms with van der Waals surface area (Å²) < 4.78 is 9.00. The Kier molecular flexibility index (Phi) is 7.13. The van der Waals surface area contributed by atoms with Gasteiger partial charge in [0.05, 0.1) is 10.4 Å². The van der Waals surface area contributed by atoms with E-state index < -0.39 is 0 Å². The summed E-state index contributed by atoms with van der Waals surface area (Å²) in [6.07, 6.45) is 0. The first-order valence-electron chi connectivity index (χ1n) is 19.4. The Hall–Kier alpha value is -7.20. The summed E-state index contributed by atoms with van der Waals surface area (Å²) in [5.74, 6) is 0. The minimum atomic E-state index is 0.913. The van der Waals surface area contributed by atoms with Crippen LogP contribution in [0.4, 0.5) is 17.1 Å². The maximum Gasteiger partial charge on any atom is 0.136 e. The van der Waals surface area contributed by atoms with E-state index in [2.05, 4.69) is 199 Å². The van der Waals surface area contributed by atoms with E-state index in [1.54, 1.807) is 0 Å². The monoisotopic (exact) mass is 743 g/mol. The van der Waals surface area contributed by atoms with Crippen LogP contribution in [0.25, 0.3) is 96.7 Å². The van der Waals surface area contributed by atoms with Crippen molar-refractivity contribution in [1.29, 1.82) is 0 Å². The van der Waals surface area contributed by atoms with Gasteiger partial charge in [-0.25, -0.2) is 0 Å². The summed E-state index contributed by atoms with van der Waals surface area (Å²) in [6.45, 7) is 0. The molecule has 0 bridgehead atoms. The summed E-state index contributed by atoms with van der Waals surface area (Å²) in [5.41, 5.74) is 10.1. The van der Waals surface area contributed by atoms with Gasteiger partial charge in [0.25, 0.3) is 0 Å². The number of rotatable bonds is 5. The van der Waals surface area contributed by atoms with Gasteiger partial charge in [-0.05, 0) is 103 Å². The highest BCUT2D eigenvalue weighted by Gasteiger charge is 2.21. The molecule has 0 spiro atoms. The van der Waals surface area contributed by atoms with Crippen molar-refractivity contribution in [3.63, 3.8) is 0 Å². The zero-order valence-corrected chi connectivity index (χ0v) is 31.6. The SMILES string of the molecule is c1ccc(-c2ccc(N(c3ccc4c(c3)c3ccccc3c3cc5c(cc43)oc3ccccc35)c3cccc4c3sc3c(-c5ccccc5)cccc34)cc2)cc1. The van der Waals surface area contributed by atoms with Crippen LogP contribution in [0.1, 0.15) is 0 Å². The Morgan fingerprint density at radius 3 is 1.65 bits per heavy atom. The first-order valence-corrected chi connectivity index (χ1v) is 20.2. The molecule has 12 aromatic rings. The van der Waals surface area contributed by atoms with Crippen LogP contribution in [0.15, 0.2) is 205 Å². The minimum Gasteiger partial charge on any atom is -0.456 e. The summed E-state index contributed by atoms with van der Waals surface area (Å²) in [5, 5.41) is 12.2. The van der Waals surface area contributed by atoms with Gasteiger partial charge < -0.3 is 9.32 Å². The van der Waals surface area contributed by atoms with Crippen LogP contribution in [0.3, 0.4) is 0 Å². The number of fused-ring (bicyclic) bond motifs is 12. The molecule has 0 fully saturated rings. The molecule has 3 heteroatoms. The number of para-hydroxylation sites is 1. The molecular weight excluding hydrogens is 711 g/mol. The van der Waals surface area contributed by atoms with Crippen molar-refractivity contribution in [3.05, 3.63) is 200 Å². The molecule has 2 aromatic heterocycles. The predicted molar refractivity (Wildman–Crippen MR) is 245 cm³/mol. The third-order valence-corrected chi connectivity index (χ3v) is 12.9. The van der Waals surface area contributed by atoms with Crippen LogP contribution in [-0.4, -0.2) is 0 Å². The van der Waals surface area contributed by atoms with Gasteiger partial charge >= 0.3 is 0 Å². The van der Waals surface area contributed by atoms with E-state index in [0.29, 0.717) is 0 Å². The largest absolute Gasteiger partial charge is 0.456 e. The molecule has 0 radical (unpaired) electrons. The molecule has 2 heterocycles. The number of furan rings is 1. The highest BCUT2D eigenvalue weighted by Crippen LogP contribution is 2.48. The van der Waals surface area contributed by atoms with Crippen molar-refractivity contribution in [2.75, 3.05) is 4.90 Å². The molecule has 2 nitrogen and oxygen atoms in total. The predicted octanol–water partition coefficient (Wildman–Crippen LogP) is 16.2. The molecule has 0 atom stereocenters. The van der Waals surface area contributed by atoms with Gasteiger partial charge in [-0.2, -0.15) is 0 Å². The van der Waals surface area contributed by atoms with Gasteiger partial charge in [-0.15, -0.1) is 11.3 Å². The standard InChI is InChI=1S/C54H33NOS/c1-3-13-34(14-4-1)35-25-27-37(28-26-35)55(50-23-12-22-45-44-21-11-20-39(53(44)57-54(45)50)36-15-5-2-6-16-36)38-29-30-42-46(31-38)40-17-7-8-18-41(40)47-32-49-43-19-9-10-24-51(43)56-52(49)33-48(42)47/h1-33H. The molecule has 57 heavy (non-hydrogen) atoms. The van der Waals surface area contributed by atoms with Crippen molar-refractivity contribution in [2.45, 2.75) is 0 Å². The Labute approximate surface area is 333 Å². The minimum absolute atomic E-state index is 0.913. The summed E-state index contributed by atoms with van der Waals surface area (Å²) in [7, 11) is 0. The Bertz CT molecular complexity index is 3510. The number of benzene rings is 10. The molecule has 266 valence electrons. The second-order valence-electron chi connectivity index (χ2n) is 14.8. The quantitative estimate of drug-likeness (QED) is 0.163. The molecule has 0 N–H and O–H groups in total. The van der Waals surface area contributed by atoms with E-state index in [1.165, 1.54) is 74.7 Å². The van der Waals surface area contributed by atoms with Crippen molar-refractivity contribution in [3.8, 4) is 22.3 Å². The first kappa shape index (κ1) is 32.1. The van der Waals surface area contributed by atoms with Crippen molar-refractivity contribution < 1.29 is 4.42 Å². The van der Waals surface area contributed by atoms with Crippen molar-refractivity contribution in [2.24, 2.45) is 0 Å². The Balaban J connectivity index is 1.12. The van der Waals surface area contributed by atoms with Crippen molar-refractivity contribution in [1.82, 2.24) is 0 Å². The summed E-state index contributed by atoms with van der Waals surface area (Å²) >= 11 is 1.89. The fourth-order valence-electron chi connectivity index (χ4n) is 8.99. The summed E-state index contributed by atoms with van der Waals surface area (Å²) in [6, 6.07) is 72.7. The fraction of sp³-hybridized carbons (Fsp3) is 0. The number of nitrogens with zero attached hydrogens (tertiary/aromatic N) is 1. The Morgan fingerprint density at radius 1 is 0.316 bits per heavy atom. The normalized spacial score (nSPS) is 11.9. The van der Waals surface area contributed by atoms with Crippen LogP contribution < -0.4 is 4.90 Å². The Morgan fingerprint density at radius 2 is 0.877 bits per heavy atom. The summed E-state index contributed by atoms with van der Waals surface area (Å²) in [4.78, 5) is 2.45. The van der Waals surface area contributed by atoms with Crippen LogP contribution in [0.5, 0.6) is 0 Å². The molecular formula is C54H33NOS. The number of anilines is 3. The lowest BCUT2D eigenvalue weighted by Gasteiger charge is -2.27. The molecule has 12 rings (SSSR count). The zero-order valence-electron chi connectivity index (χ0n) is 30.8. The second-order valence-corrected chi connectivity index (χ2v) is 15.8. The molecule has 10 aromatic carbocycles. The number of hydrogen-bond donors (Lipinski definition) is 0. The van der Waals surface area contributed by atoms with Crippen LogP contribution in [0.2, 0.25) is 0 Å². The number of hydrogen-bond acceptors (Lipinski definition) is 3. The lowest BCUT2D eigenvalue weighted by Crippen LogP contribution is -2.10. The van der Waals surface area contributed by atoms with Gasteiger partial charge in [0.15, 0.2) is 0 Å². The van der Waals surface area contributed by atoms with E-state index in [9.17, 15) is 0 Å². The highest BCUT2D eigenvalue weighted by atomic mass is 32.1. The average Bonchev–Trinajstić information content (AvgIpc) is 3.85. The maximum absolute atomic E-state index is 6.44. The topological polar surface area (TPSA) is 16.4 Å².